The van der Waals surface area contributed by atoms with E-state index in [1.165, 1.54) is 231 Å². The Balaban J connectivity index is 4.36. The van der Waals surface area contributed by atoms with E-state index in [0.717, 1.165) is 103 Å². The number of allylic oxidation sites excluding steroid dienone is 12. The topological polar surface area (TPSA) is 78.9 Å². The quantitative estimate of drug-likeness (QED) is 0.0261. The summed E-state index contributed by atoms with van der Waals surface area (Å²) in [6.45, 7) is 6.59. The van der Waals surface area contributed by atoms with E-state index in [9.17, 15) is 14.4 Å². The average Bonchev–Trinajstić information content (AvgIpc) is 3.47. The first kappa shape index (κ1) is 78.8. The van der Waals surface area contributed by atoms with Gasteiger partial charge >= 0.3 is 17.9 Å². The SMILES string of the molecule is CC/C=C\C/C=C\C/C=C\C/C=C\C/C=C\C/C=C\CCCCCCCCC(=O)OCC(COC(=O)CCCCCCCCCCCCCCCCCCCC)OC(=O)CCCCCCCCCCCCCCCCCCCCCCC. The molecule has 82 heavy (non-hydrogen) atoms. The van der Waals surface area contributed by atoms with Crippen molar-refractivity contribution < 1.29 is 28.6 Å². The summed E-state index contributed by atoms with van der Waals surface area (Å²) in [5.41, 5.74) is 0. The fourth-order valence-corrected chi connectivity index (χ4v) is 10.6. The van der Waals surface area contributed by atoms with E-state index in [0.29, 0.717) is 19.3 Å². The van der Waals surface area contributed by atoms with Crippen molar-refractivity contribution in [3.63, 3.8) is 0 Å². The summed E-state index contributed by atoms with van der Waals surface area (Å²) in [7, 11) is 0. The van der Waals surface area contributed by atoms with Crippen molar-refractivity contribution in [2.45, 2.75) is 380 Å². The summed E-state index contributed by atoms with van der Waals surface area (Å²) in [5.74, 6) is -0.863. The van der Waals surface area contributed by atoms with Crippen molar-refractivity contribution >= 4 is 17.9 Å². The van der Waals surface area contributed by atoms with Crippen LogP contribution in [0.1, 0.15) is 374 Å². The van der Waals surface area contributed by atoms with Crippen molar-refractivity contribution in [1.29, 1.82) is 0 Å². The molecule has 0 saturated carbocycles. The second-order valence-corrected chi connectivity index (χ2v) is 24.1. The maximum atomic E-state index is 13.0. The molecule has 0 spiro atoms. The van der Waals surface area contributed by atoms with Crippen LogP contribution in [0.15, 0.2) is 72.9 Å². The standard InChI is InChI=1S/C76H136O6/c1-4-7-10-13-16-19-22-25-28-31-34-36-37-38-39-41-42-45-48-51-54-57-60-63-66-69-75(78)81-72-73(71-80-74(77)68-65-62-59-56-53-50-47-44-33-30-27-24-21-18-15-12-9-6-3)82-76(79)70-67-64-61-58-55-52-49-46-43-40-35-32-29-26-23-20-17-14-11-8-5-2/h7,10,16,19,25,28,34,36,38-39,42,45,73H,4-6,8-9,11-15,17-18,20-24,26-27,29-33,35,37,40-41,43-44,46-72H2,1-3H3/b10-7-,19-16-,28-25-,36-34-,39-38-,45-42-. The molecule has 0 aliphatic heterocycles. The number of ether oxygens (including phenoxy) is 3. The lowest BCUT2D eigenvalue weighted by molar-refractivity contribution is -0.167. The van der Waals surface area contributed by atoms with E-state index in [2.05, 4.69) is 93.7 Å². The van der Waals surface area contributed by atoms with Crippen LogP contribution in [0, 0.1) is 0 Å². The number of esters is 3. The van der Waals surface area contributed by atoms with Gasteiger partial charge in [-0.25, -0.2) is 0 Å². The minimum Gasteiger partial charge on any atom is -0.462 e. The summed E-state index contributed by atoms with van der Waals surface area (Å²) in [6, 6.07) is 0. The maximum Gasteiger partial charge on any atom is 0.306 e. The number of carbonyl (C=O) groups excluding carboxylic acids is 3. The molecule has 0 bridgehead atoms. The van der Waals surface area contributed by atoms with Gasteiger partial charge in [0, 0.05) is 19.3 Å². The maximum absolute atomic E-state index is 13.0. The molecule has 6 nitrogen and oxygen atoms in total. The molecule has 0 rings (SSSR count). The highest BCUT2D eigenvalue weighted by molar-refractivity contribution is 5.71. The molecule has 0 aliphatic carbocycles. The molecule has 0 fully saturated rings. The van der Waals surface area contributed by atoms with E-state index < -0.39 is 6.10 Å². The third-order valence-electron chi connectivity index (χ3n) is 16.0. The summed E-state index contributed by atoms with van der Waals surface area (Å²) in [5, 5.41) is 0. The third-order valence-corrected chi connectivity index (χ3v) is 16.0. The van der Waals surface area contributed by atoms with E-state index >= 15 is 0 Å². The number of rotatable bonds is 66. The normalized spacial score (nSPS) is 12.5. The van der Waals surface area contributed by atoms with E-state index in [1.54, 1.807) is 0 Å². The second-order valence-electron chi connectivity index (χ2n) is 24.1. The highest BCUT2D eigenvalue weighted by Crippen LogP contribution is 2.18. The predicted octanol–water partition coefficient (Wildman–Crippen LogP) is 24.8. The Labute approximate surface area is 510 Å². The van der Waals surface area contributed by atoms with Gasteiger partial charge in [-0.05, 0) is 70.6 Å². The highest BCUT2D eigenvalue weighted by atomic mass is 16.6. The molecule has 0 N–H and O–H groups in total. The van der Waals surface area contributed by atoms with Crippen molar-refractivity contribution in [1.82, 2.24) is 0 Å². The van der Waals surface area contributed by atoms with Gasteiger partial charge in [0.2, 0.25) is 0 Å². The zero-order chi connectivity index (χ0) is 59.2. The molecular formula is C76H136O6. The van der Waals surface area contributed by atoms with Crippen LogP contribution < -0.4 is 0 Å². The molecular weight excluding hydrogens is 1010 g/mol. The smallest absolute Gasteiger partial charge is 0.306 e. The van der Waals surface area contributed by atoms with Gasteiger partial charge in [0.15, 0.2) is 6.10 Å². The van der Waals surface area contributed by atoms with Crippen molar-refractivity contribution in [3.8, 4) is 0 Å². The fourth-order valence-electron chi connectivity index (χ4n) is 10.6. The Morgan fingerprint density at radius 1 is 0.256 bits per heavy atom. The predicted molar refractivity (Wildman–Crippen MR) is 358 cm³/mol. The van der Waals surface area contributed by atoms with Crippen molar-refractivity contribution in [3.05, 3.63) is 72.9 Å². The second kappa shape index (κ2) is 70.3. The first-order valence-electron chi connectivity index (χ1n) is 35.9. The molecule has 0 aliphatic rings. The summed E-state index contributed by atoms with van der Waals surface area (Å²) < 4.78 is 17.0. The zero-order valence-electron chi connectivity index (χ0n) is 54.8. The molecule has 1 atom stereocenters. The largest absolute Gasteiger partial charge is 0.462 e. The van der Waals surface area contributed by atoms with Crippen LogP contribution in [0.3, 0.4) is 0 Å². The summed E-state index contributed by atoms with van der Waals surface area (Å²) >= 11 is 0. The van der Waals surface area contributed by atoms with E-state index in [-0.39, 0.29) is 31.1 Å². The molecule has 0 saturated heterocycles. The lowest BCUT2D eigenvalue weighted by Gasteiger charge is -2.18. The summed E-state index contributed by atoms with van der Waals surface area (Å²) in [4.78, 5) is 38.5. The van der Waals surface area contributed by atoms with Crippen LogP contribution in [0.5, 0.6) is 0 Å². The van der Waals surface area contributed by atoms with E-state index in [1.807, 2.05) is 0 Å². The Hall–Kier alpha value is -3.15. The monoisotopic (exact) mass is 1150 g/mol. The lowest BCUT2D eigenvalue weighted by Crippen LogP contribution is -2.30. The third kappa shape index (κ3) is 67.6. The van der Waals surface area contributed by atoms with Gasteiger partial charge in [0.25, 0.3) is 0 Å². The van der Waals surface area contributed by atoms with Crippen molar-refractivity contribution in [2.24, 2.45) is 0 Å². The number of hydrogen-bond donors (Lipinski definition) is 0. The zero-order valence-corrected chi connectivity index (χ0v) is 54.8. The Morgan fingerprint density at radius 2 is 0.476 bits per heavy atom. The number of carbonyl (C=O) groups is 3. The van der Waals surface area contributed by atoms with Gasteiger partial charge in [-0.2, -0.15) is 0 Å². The molecule has 0 radical (unpaired) electrons. The van der Waals surface area contributed by atoms with Gasteiger partial charge in [0.1, 0.15) is 13.2 Å². The molecule has 0 aromatic carbocycles. The minimum absolute atomic E-state index is 0.0746. The minimum atomic E-state index is -0.781. The van der Waals surface area contributed by atoms with Crippen LogP contribution >= 0.6 is 0 Å². The van der Waals surface area contributed by atoms with Crippen LogP contribution in [0.25, 0.3) is 0 Å². The van der Waals surface area contributed by atoms with Gasteiger partial charge in [-0.3, -0.25) is 14.4 Å². The van der Waals surface area contributed by atoms with Crippen molar-refractivity contribution in [2.75, 3.05) is 13.2 Å². The summed E-state index contributed by atoms with van der Waals surface area (Å²) in [6.07, 6.45) is 92.1. The van der Waals surface area contributed by atoms with E-state index in [4.69, 9.17) is 14.2 Å². The van der Waals surface area contributed by atoms with Gasteiger partial charge < -0.3 is 14.2 Å². The Bertz CT molecular complexity index is 1500. The van der Waals surface area contributed by atoms with Gasteiger partial charge in [-0.1, -0.05) is 357 Å². The molecule has 476 valence electrons. The fraction of sp³-hybridized carbons (Fsp3) is 0.803. The van der Waals surface area contributed by atoms with Crippen LogP contribution in [0.4, 0.5) is 0 Å². The molecule has 6 heteroatoms. The molecule has 0 amide bonds. The van der Waals surface area contributed by atoms with Crippen LogP contribution in [-0.4, -0.2) is 37.2 Å². The lowest BCUT2D eigenvalue weighted by atomic mass is 10.0. The van der Waals surface area contributed by atoms with Crippen LogP contribution in [-0.2, 0) is 28.6 Å². The first-order valence-corrected chi connectivity index (χ1v) is 35.9. The van der Waals surface area contributed by atoms with Gasteiger partial charge in [0.05, 0.1) is 0 Å². The molecule has 1 unspecified atom stereocenters. The average molecular weight is 1150 g/mol. The van der Waals surface area contributed by atoms with Crippen LogP contribution in [0.2, 0.25) is 0 Å². The highest BCUT2D eigenvalue weighted by Gasteiger charge is 2.19. The molecule has 0 heterocycles. The molecule has 0 aromatic rings. The van der Waals surface area contributed by atoms with Gasteiger partial charge in [-0.15, -0.1) is 0 Å². The Kier molecular flexibility index (Phi) is 67.6. The molecule has 0 aromatic heterocycles. The first-order chi connectivity index (χ1) is 40.5. The Morgan fingerprint density at radius 3 is 0.744 bits per heavy atom. The number of unbranched alkanes of at least 4 members (excludes halogenated alkanes) is 43. The number of hydrogen-bond acceptors (Lipinski definition) is 6.